The molecule has 0 aromatic carbocycles. The van der Waals surface area contributed by atoms with E-state index in [2.05, 4.69) is 31.0 Å². The molecule has 1 fully saturated rings. The van der Waals surface area contributed by atoms with Gasteiger partial charge in [0, 0.05) is 36.9 Å². The highest BCUT2D eigenvalue weighted by Crippen LogP contribution is 2.24. The zero-order valence-corrected chi connectivity index (χ0v) is 17.1. The van der Waals surface area contributed by atoms with Crippen molar-refractivity contribution in [3.63, 3.8) is 0 Å². The lowest BCUT2D eigenvalue weighted by atomic mass is 10.3. The standard InChI is InChI=1S/C19H17FN8O2S/c1-21-14-8-13(26-16-11(9-23-28(14)16)17(29)24-10-2-3-10)25-15-12(20)4-6-27(18(15)30)19-22-5-7-31-19/h4-10,21H,2-3H2,1H3,(H,24,29)(H,25,26). The van der Waals surface area contributed by atoms with Crippen LogP contribution >= 0.6 is 11.3 Å². The molecule has 31 heavy (non-hydrogen) atoms. The zero-order chi connectivity index (χ0) is 21.5. The highest BCUT2D eigenvalue weighted by atomic mass is 32.1. The van der Waals surface area contributed by atoms with Crippen LogP contribution in [-0.2, 0) is 0 Å². The van der Waals surface area contributed by atoms with Crippen LogP contribution in [0.25, 0.3) is 10.8 Å². The van der Waals surface area contributed by atoms with Crippen LogP contribution < -0.4 is 21.5 Å². The molecule has 0 unspecified atom stereocenters. The van der Waals surface area contributed by atoms with Gasteiger partial charge in [-0.1, -0.05) is 0 Å². The Kier molecular flexibility index (Phi) is 4.62. The third kappa shape index (κ3) is 3.50. The highest BCUT2D eigenvalue weighted by molar-refractivity contribution is 7.12. The van der Waals surface area contributed by atoms with E-state index in [1.165, 1.54) is 38.9 Å². The summed E-state index contributed by atoms with van der Waals surface area (Å²) in [5.74, 6) is -0.313. The Morgan fingerprint density at radius 1 is 1.35 bits per heavy atom. The van der Waals surface area contributed by atoms with Gasteiger partial charge < -0.3 is 16.0 Å². The molecule has 158 valence electrons. The second-order valence-corrected chi connectivity index (χ2v) is 7.84. The number of thiazole rings is 1. The first-order chi connectivity index (χ1) is 15.0. The van der Waals surface area contributed by atoms with Crippen LogP contribution in [0.2, 0.25) is 0 Å². The fourth-order valence-electron chi connectivity index (χ4n) is 3.10. The number of amides is 1. The lowest BCUT2D eigenvalue weighted by Gasteiger charge is -2.11. The van der Waals surface area contributed by atoms with Gasteiger partial charge in [0.05, 0.1) is 6.20 Å². The van der Waals surface area contributed by atoms with Gasteiger partial charge >= 0.3 is 0 Å². The van der Waals surface area contributed by atoms with Crippen molar-refractivity contribution in [2.75, 3.05) is 17.7 Å². The molecule has 1 saturated carbocycles. The number of nitrogens with one attached hydrogen (secondary N) is 3. The molecule has 12 heteroatoms. The van der Waals surface area contributed by atoms with Gasteiger partial charge in [-0.3, -0.25) is 14.2 Å². The second kappa shape index (κ2) is 7.47. The summed E-state index contributed by atoms with van der Waals surface area (Å²) in [5, 5.41) is 15.0. The zero-order valence-electron chi connectivity index (χ0n) is 16.3. The van der Waals surface area contributed by atoms with E-state index in [1.54, 1.807) is 24.7 Å². The minimum atomic E-state index is -0.731. The summed E-state index contributed by atoms with van der Waals surface area (Å²) in [7, 11) is 1.68. The summed E-state index contributed by atoms with van der Waals surface area (Å²) in [4.78, 5) is 33.9. The summed E-state index contributed by atoms with van der Waals surface area (Å²) >= 11 is 1.26. The van der Waals surface area contributed by atoms with Gasteiger partial charge in [-0.25, -0.2) is 14.4 Å². The highest BCUT2D eigenvalue weighted by Gasteiger charge is 2.26. The van der Waals surface area contributed by atoms with E-state index < -0.39 is 11.4 Å². The molecule has 0 atom stereocenters. The Morgan fingerprint density at radius 2 is 2.19 bits per heavy atom. The molecule has 5 rings (SSSR count). The Labute approximate surface area is 178 Å². The molecule has 4 aromatic rings. The normalized spacial score (nSPS) is 13.4. The predicted molar refractivity (Wildman–Crippen MR) is 114 cm³/mol. The van der Waals surface area contributed by atoms with Crippen LogP contribution in [0.3, 0.4) is 0 Å². The van der Waals surface area contributed by atoms with E-state index in [0.29, 0.717) is 16.5 Å². The first kappa shape index (κ1) is 19.2. The third-order valence-corrected chi connectivity index (χ3v) is 5.58. The quantitative estimate of drug-likeness (QED) is 0.420. The number of pyridine rings is 1. The molecule has 1 amide bonds. The van der Waals surface area contributed by atoms with Crippen LogP contribution in [0.15, 0.2) is 40.9 Å². The fraction of sp³-hybridized carbons (Fsp3) is 0.211. The first-order valence-electron chi connectivity index (χ1n) is 9.50. The number of fused-ring (bicyclic) bond motifs is 1. The summed E-state index contributed by atoms with van der Waals surface area (Å²) in [6, 6.07) is 2.92. The molecule has 4 heterocycles. The van der Waals surface area contributed by atoms with Crippen molar-refractivity contribution in [3.8, 4) is 5.13 Å². The van der Waals surface area contributed by atoms with E-state index in [4.69, 9.17) is 0 Å². The van der Waals surface area contributed by atoms with Crippen LogP contribution in [-0.4, -0.2) is 43.1 Å². The summed E-state index contributed by atoms with van der Waals surface area (Å²) in [5.41, 5.74) is -0.312. The van der Waals surface area contributed by atoms with Gasteiger partial charge in [0.15, 0.2) is 16.6 Å². The van der Waals surface area contributed by atoms with Crippen LogP contribution in [0, 0.1) is 5.82 Å². The number of anilines is 3. The maximum Gasteiger partial charge on any atom is 0.283 e. The van der Waals surface area contributed by atoms with E-state index in [0.717, 1.165) is 12.8 Å². The van der Waals surface area contributed by atoms with E-state index >= 15 is 0 Å². The average molecular weight is 440 g/mol. The van der Waals surface area contributed by atoms with Crippen LogP contribution in [0.1, 0.15) is 23.2 Å². The molecule has 0 bridgehead atoms. The number of hydrogen-bond donors (Lipinski definition) is 3. The Morgan fingerprint density at radius 3 is 2.90 bits per heavy atom. The van der Waals surface area contributed by atoms with Crippen molar-refractivity contribution >= 4 is 40.2 Å². The van der Waals surface area contributed by atoms with Crippen molar-refractivity contribution in [2.45, 2.75) is 18.9 Å². The second-order valence-electron chi connectivity index (χ2n) is 6.97. The van der Waals surface area contributed by atoms with E-state index in [9.17, 15) is 14.0 Å². The van der Waals surface area contributed by atoms with Gasteiger partial charge in [-0.05, 0) is 18.9 Å². The van der Waals surface area contributed by atoms with E-state index in [-0.39, 0.29) is 29.1 Å². The molecule has 0 spiro atoms. The Hall–Kier alpha value is -3.80. The fourth-order valence-corrected chi connectivity index (χ4v) is 3.72. The Bertz CT molecular complexity index is 1340. The molecule has 1 aliphatic carbocycles. The topological polar surface area (TPSA) is 118 Å². The van der Waals surface area contributed by atoms with Crippen molar-refractivity contribution in [3.05, 3.63) is 57.8 Å². The van der Waals surface area contributed by atoms with Crippen molar-refractivity contribution < 1.29 is 9.18 Å². The number of halogens is 1. The van der Waals surface area contributed by atoms with Gasteiger partial charge in [0.2, 0.25) is 0 Å². The number of hydrogen-bond acceptors (Lipinski definition) is 8. The number of nitrogens with zero attached hydrogens (tertiary/aromatic N) is 5. The van der Waals surface area contributed by atoms with E-state index in [1.807, 2.05) is 0 Å². The smallest absolute Gasteiger partial charge is 0.283 e. The molecule has 4 aromatic heterocycles. The minimum Gasteiger partial charge on any atom is -0.373 e. The maximum absolute atomic E-state index is 14.5. The Balaban J connectivity index is 1.57. The molecule has 0 radical (unpaired) electrons. The predicted octanol–water partition coefficient (Wildman–Crippen LogP) is 2.15. The maximum atomic E-state index is 14.5. The van der Waals surface area contributed by atoms with Gasteiger partial charge in [0.25, 0.3) is 11.5 Å². The van der Waals surface area contributed by atoms with Crippen LogP contribution in [0.4, 0.5) is 21.7 Å². The number of carbonyl (C=O) groups excluding carboxylic acids is 1. The molecule has 3 N–H and O–H groups in total. The van der Waals surface area contributed by atoms with Crippen molar-refractivity contribution in [1.29, 1.82) is 0 Å². The minimum absolute atomic E-state index is 0.176. The first-order valence-corrected chi connectivity index (χ1v) is 10.4. The lowest BCUT2D eigenvalue weighted by Crippen LogP contribution is -2.25. The van der Waals surface area contributed by atoms with Crippen molar-refractivity contribution in [1.82, 2.24) is 29.5 Å². The van der Waals surface area contributed by atoms with Crippen molar-refractivity contribution in [2.24, 2.45) is 0 Å². The average Bonchev–Trinajstić information content (AvgIpc) is 3.24. The molecule has 0 aliphatic heterocycles. The molecular formula is C19H17FN8O2S. The third-order valence-electron chi connectivity index (χ3n) is 4.81. The van der Waals surface area contributed by atoms with Gasteiger partial charge in [-0.15, -0.1) is 11.3 Å². The van der Waals surface area contributed by atoms with Gasteiger partial charge in [0.1, 0.15) is 22.9 Å². The van der Waals surface area contributed by atoms with Gasteiger partial charge in [-0.2, -0.15) is 9.61 Å². The number of rotatable bonds is 6. The summed E-state index contributed by atoms with van der Waals surface area (Å²) in [6.07, 6.45) is 6.22. The largest absolute Gasteiger partial charge is 0.373 e. The lowest BCUT2D eigenvalue weighted by molar-refractivity contribution is 0.0952. The monoisotopic (exact) mass is 440 g/mol. The molecule has 10 nitrogen and oxygen atoms in total. The summed E-state index contributed by atoms with van der Waals surface area (Å²) < 4.78 is 17.3. The number of carbonyl (C=O) groups is 1. The SMILES string of the molecule is CNc1cc(Nc2c(F)ccn(-c3nccs3)c2=O)nc2c(C(=O)NC3CC3)cnn12. The number of aromatic nitrogens is 5. The molecule has 1 aliphatic rings. The summed E-state index contributed by atoms with van der Waals surface area (Å²) in [6.45, 7) is 0. The van der Waals surface area contributed by atoms with Crippen LogP contribution in [0.5, 0.6) is 0 Å². The molecule has 0 saturated heterocycles. The molecular weight excluding hydrogens is 423 g/mol.